The quantitative estimate of drug-likeness (QED) is 0.651. The van der Waals surface area contributed by atoms with Crippen LogP contribution in [0.4, 0.5) is 6.01 Å². The second-order valence-electron chi connectivity index (χ2n) is 6.34. The first-order chi connectivity index (χ1) is 11.9. The number of nitrogens with zero attached hydrogens (tertiary/aromatic N) is 3. The Labute approximate surface area is 141 Å². The van der Waals surface area contributed by atoms with Crippen molar-refractivity contribution in [2.75, 3.05) is 31.5 Å². The number of aromatic nitrogens is 3. The summed E-state index contributed by atoms with van der Waals surface area (Å²) >= 11 is 0. The average molecular weight is 325 g/mol. The van der Waals surface area contributed by atoms with Crippen LogP contribution in [0.1, 0.15) is 25.7 Å². The van der Waals surface area contributed by atoms with Crippen LogP contribution in [0.25, 0.3) is 22.4 Å². The predicted octanol–water partition coefficient (Wildman–Crippen LogP) is 3.51. The lowest BCUT2D eigenvalue weighted by Gasteiger charge is -2.13. The Morgan fingerprint density at radius 2 is 2.00 bits per heavy atom. The van der Waals surface area contributed by atoms with Gasteiger partial charge in [-0.3, -0.25) is 0 Å². The second-order valence-corrected chi connectivity index (χ2v) is 6.34. The fraction of sp³-hybridized carbons (Fsp3) is 0.444. The van der Waals surface area contributed by atoms with Crippen molar-refractivity contribution in [2.45, 2.75) is 25.7 Å². The second kappa shape index (κ2) is 7.05. The van der Waals surface area contributed by atoms with Gasteiger partial charge in [0.25, 0.3) is 5.89 Å². The standard InChI is InChI=1S/C18H23N5O/c1-2-8-16-14(7-1)15(13-20-16)17-21-22-18(24-17)19-9-3-4-10-23-11-5-6-12-23/h1-2,7-8,13,20H,3-6,9-12H2,(H,19,22). The lowest BCUT2D eigenvalue weighted by atomic mass is 10.2. The molecule has 1 aliphatic heterocycles. The third kappa shape index (κ3) is 3.28. The number of benzene rings is 1. The Morgan fingerprint density at radius 3 is 2.92 bits per heavy atom. The van der Waals surface area contributed by atoms with Crippen LogP contribution < -0.4 is 5.32 Å². The Kier molecular flexibility index (Phi) is 4.46. The van der Waals surface area contributed by atoms with Gasteiger partial charge in [0.05, 0.1) is 5.56 Å². The van der Waals surface area contributed by atoms with Crippen molar-refractivity contribution < 1.29 is 4.42 Å². The third-order valence-corrected chi connectivity index (χ3v) is 4.62. The molecule has 4 rings (SSSR count). The maximum Gasteiger partial charge on any atom is 0.315 e. The van der Waals surface area contributed by atoms with Gasteiger partial charge < -0.3 is 19.6 Å². The van der Waals surface area contributed by atoms with Crippen molar-refractivity contribution in [2.24, 2.45) is 0 Å². The van der Waals surface area contributed by atoms with Gasteiger partial charge in [-0.25, -0.2) is 0 Å². The van der Waals surface area contributed by atoms with E-state index < -0.39 is 0 Å². The van der Waals surface area contributed by atoms with Crippen LogP contribution >= 0.6 is 0 Å². The Balaban J connectivity index is 1.30. The number of para-hydroxylation sites is 1. The van der Waals surface area contributed by atoms with E-state index in [-0.39, 0.29) is 0 Å². The number of unbranched alkanes of at least 4 members (excludes halogenated alkanes) is 1. The molecular weight excluding hydrogens is 302 g/mol. The van der Waals surface area contributed by atoms with Crippen LogP contribution in [-0.2, 0) is 0 Å². The van der Waals surface area contributed by atoms with Gasteiger partial charge in [-0.15, -0.1) is 5.10 Å². The van der Waals surface area contributed by atoms with Gasteiger partial charge in [0.15, 0.2) is 0 Å². The fourth-order valence-corrected chi connectivity index (χ4v) is 3.31. The monoisotopic (exact) mass is 325 g/mol. The highest BCUT2D eigenvalue weighted by atomic mass is 16.4. The van der Waals surface area contributed by atoms with Crippen LogP contribution in [0.5, 0.6) is 0 Å². The molecule has 2 aromatic heterocycles. The molecule has 3 aromatic rings. The van der Waals surface area contributed by atoms with Gasteiger partial charge >= 0.3 is 6.01 Å². The van der Waals surface area contributed by atoms with E-state index in [1.807, 2.05) is 24.4 Å². The van der Waals surface area contributed by atoms with Crippen LogP contribution in [0, 0.1) is 0 Å². The molecule has 6 nitrogen and oxygen atoms in total. The zero-order chi connectivity index (χ0) is 16.2. The topological polar surface area (TPSA) is 70.0 Å². The van der Waals surface area contributed by atoms with E-state index in [0.29, 0.717) is 11.9 Å². The summed E-state index contributed by atoms with van der Waals surface area (Å²) in [5, 5.41) is 12.6. The van der Waals surface area contributed by atoms with E-state index in [2.05, 4.69) is 31.5 Å². The van der Waals surface area contributed by atoms with Gasteiger partial charge in [0.2, 0.25) is 0 Å². The summed E-state index contributed by atoms with van der Waals surface area (Å²) in [5.74, 6) is 0.548. The van der Waals surface area contributed by atoms with E-state index in [0.717, 1.165) is 29.4 Å². The highest BCUT2D eigenvalue weighted by Crippen LogP contribution is 2.28. The number of rotatable bonds is 7. The van der Waals surface area contributed by atoms with E-state index in [9.17, 15) is 0 Å². The third-order valence-electron chi connectivity index (χ3n) is 4.62. The van der Waals surface area contributed by atoms with Gasteiger partial charge in [-0.05, 0) is 51.4 Å². The highest BCUT2D eigenvalue weighted by Gasteiger charge is 2.13. The number of H-pyrrole nitrogens is 1. The van der Waals surface area contributed by atoms with E-state index in [4.69, 9.17) is 4.42 Å². The van der Waals surface area contributed by atoms with E-state index in [1.54, 1.807) is 0 Å². The summed E-state index contributed by atoms with van der Waals surface area (Å²) in [4.78, 5) is 5.77. The van der Waals surface area contributed by atoms with Gasteiger partial charge in [0, 0.05) is 23.6 Å². The van der Waals surface area contributed by atoms with Crippen LogP contribution in [0.3, 0.4) is 0 Å². The van der Waals surface area contributed by atoms with Crippen molar-refractivity contribution in [3.63, 3.8) is 0 Å². The first kappa shape index (κ1) is 15.2. The molecule has 3 heterocycles. The van der Waals surface area contributed by atoms with Gasteiger partial charge in [0.1, 0.15) is 0 Å². The number of fused-ring (bicyclic) bond motifs is 1. The van der Waals surface area contributed by atoms with Crippen molar-refractivity contribution in [3.8, 4) is 11.5 Å². The lowest BCUT2D eigenvalue weighted by Crippen LogP contribution is -2.20. The number of likely N-dealkylation sites (tertiary alicyclic amines) is 1. The molecule has 0 radical (unpaired) electrons. The Bertz CT molecular complexity index is 787. The summed E-state index contributed by atoms with van der Waals surface area (Å²) in [6.07, 6.45) is 6.95. The number of nitrogens with one attached hydrogen (secondary N) is 2. The highest BCUT2D eigenvalue weighted by molar-refractivity contribution is 5.93. The minimum absolute atomic E-state index is 0.497. The number of anilines is 1. The number of aromatic amines is 1. The number of hydrogen-bond acceptors (Lipinski definition) is 5. The molecule has 24 heavy (non-hydrogen) atoms. The summed E-state index contributed by atoms with van der Waals surface area (Å²) in [5.41, 5.74) is 2.02. The fourth-order valence-electron chi connectivity index (χ4n) is 3.31. The average Bonchev–Trinajstić information content (AvgIpc) is 3.35. The largest absolute Gasteiger partial charge is 0.403 e. The molecule has 1 saturated heterocycles. The smallest absolute Gasteiger partial charge is 0.315 e. The van der Waals surface area contributed by atoms with Gasteiger partial charge in [-0.1, -0.05) is 23.3 Å². The first-order valence-corrected chi connectivity index (χ1v) is 8.76. The molecule has 0 saturated carbocycles. The van der Waals surface area contributed by atoms with E-state index in [1.165, 1.54) is 38.9 Å². The zero-order valence-corrected chi connectivity index (χ0v) is 13.8. The van der Waals surface area contributed by atoms with Crippen molar-refractivity contribution in [3.05, 3.63) is 30.5 Å². The van der Waals surface area contributed by atoms with Crippen molar-refractivity contribution >= 4 is 16.9 Å². The molecule has 2 N–H and O–H groups in total. The van der Waals surface area contributed by atoms with Gasteiger partial charge in [-0.2, -0.15) is 0 Å². The molecule has 0 amide bonds. The predicted molar refractivity (Wildman–Crippen MR) is 95.0 cm³/mol. The maximum atomic E-state index is 5.75. The molecule has 126 valence electrons. The summed E-state index contributed by atoms with van der Waals surface area (Å²) in [7, 11) is 0. The minimum atomic E-state index is 0.497. The Morgan fingerprint density at radius 1 is 1.12 bits per heavy atom. The Hall–Kier alpha value is -2.34. The molecule has 0 bridgehead atoms. The summed E-state index contributed by atoms with van der Waals surface area (Å²) in [6, 6.07) is 8.60. The van der Waals surface area contributed by atoms with Crippen LogP contribution in [-0.4, -0.2) is 46.3 Å². The van der Waals surface area contributed by atoms with Crippen LogP contribution in [0.15, 0.2) is 34.9 Å². The zero-order valence-electron chi connectivity index (χ0n) is 13.8. The SMILES string of the molecule is c1ccc2c(-c3nnc(NCCCCN4CCCC4)o3)c[nH]c2c1. The molecule has 0 spiro atoms. The lowest BCUT2D eigenvalue weighted by molar-refractivity contribution is 0.331. The molecule has 6 heteroatoms. The minimum Gasteiger partial charge on any atom is -0.403 e. The number of hydrogen-bond donors (Lipinski definition) is 2. The molecule has 0 atom stereocenters. The molecule has 0 aliphatic carbocycles. The van der Waals surface area contributed by atoms with Crippen LogP contribution in [0.2, 0.25) is 0 Å². The molecule has 1 aromatic carbocycles. The molecule has 0 unspecified atom stereocenters. The van der Waals surface area contributed by atoms with Crippen molar-refractivity contribution in [1.82, 2.24) is 20.1 Å². The van der Waals surface area contributed by atoms with Crippen molar-refractivity contribution in [1.29, 1.82) is 0 Å². The summed E-state index contributed by atoms with van der Waals surface area (Å²) in [6.45, 7) is 4.60. The normalized spacial score (nSPS) is 15.3. The molecule has 1 aliphatic rings. The van der Waals surface area contributed by atoms with E-state index >= 15 is 0 Å². The first-order valence-electron chi connectivity index (χ1n) is 8.76. The maximum absolute atomic E-state index is 5.75. The molecular formula is C18H23N5O. The molecule has 1 fully saturated rings. The summed E-state index contributed by atoms with van der Waals surface area (Å²) < 4.78 is 5.75.